The molecule has 0 saturated heterocycles. The van der Waals surface area contributed by atoms with E-state index in [1.54, 1.807) is 12.1 Å². The minimum absolute atomic E-state index is 0.330. The molecule has 0 aliphatic heterocycles. The summed E-state index contributed by atoms with van der Waals surface area (Å²) >= 11 is 2.20. The van der Waals surface area contributed by atoms with Crippen molar-refractivity contribution < 1.29 is 14.3 Å². The van der Waals surface area contributed by atoms with Gasteiger partial charge in [-0.25, -0.2) is 4.79 Å². The van der Waals surface area contributed by atoms with Crippen molar-refractivity contribution in [1.29, 1.82) is 0 Å². The van der Waals surface area contributed by atoms with Crippen LogP contribution in [0.2, 0.25) is 0 Å². The normalized spacial score (nSPS) is 11.5. The highest BCUT2D eigenvalue weighted by atomic mass is 127. The van der Waals surface area contributed by atoms with Crippen LogP contribution < -0.4 is 5.32 Å². The van der Waals surface area contributed by atoms with Crippen molar-refractivity contribution in [3.8, 4) is 0 Å². The quantitative estimate of drug-likeness (QED) is 0.607. The van der Waals surface area contributed by atoms with Gasteiger partial charge in [0.05, 0.1) is 7.11 Å². The van der Waals surface area contributed by atoms with Gasteiger partial charge in [0.15, 0.2) is 0 Å². The first-order valence-electron chi connectivity index (χ1n) is 6.63. The van der Waals surface area contributed by atoms with Gasteiger partial charge >= 0.3 is 5.97 Å². The van der Waals surface area contributed by atoms with E-state index in [0.29, 0.717) is 12.0 Å². The van der Waals surface area contributed by atoms with E-state index < -0.39 is 12.0 Å². The van der Waals surface area contributed by atoms with Gasteiger partial charge in [0.25, 0.3) is 5.91 Å². The lowest BCUT2D eigenvalue weighted by atomic mass is 10.1. The molecule has 6 heteroatoms. The number of ether oxygens (including phenoxy) is 1. The molecule has 1 heterocycles. The van der Waals surface area contributed by atoms with Gasteiger partial charge in [0.1, 0.15) is 6.04 Å². The van der Waals surface area contributed by atoms with Crippen molar-refractivity contribution >= 4 is 34.5 Å². The van der Waals surface area contributed by atoms with Gasteiger partial charge in [-0.05, 0) is 52.4 Å². The number of carbonyl (C=O) groups excluding carboxylic acids is 2. The Balaban J connectivity index is 2.13. The fraction of sp³-hybridized carbons (Fsp3) is 0.188. The molecule has 1 atom stereocenters. The Kier molecular flexibility index (Phi) is 5.88. The second kappa shape index (κ2) is 7.88. The van der Waals surface area contributed by atoms with E-state index in [1.807, 2.05) is 24.3 Å². The number of hydrogen-bond donors (Lipinski definition) is 1. The Labute approximate surface area is 142 Å². The van der Waals surface area contributed by atoms with Crippen LogP contribution in [0.1, 0.15) is 15.9 Å². The van der Waals surface area contributed by atoms with Crippen LogP contribution in [0, 0.1) is 3.57 Å². The van der Waals surface area contributed by atoms with E-state index in [9.17, 15) is 9.59 Å². The summed E-state index contributed by atoms with van der Waals surface area (Å²) in [5, 5.41) is 2.71. The smallest absolute Gasteiger partial charge is 0.328 e. The van der Waals surface area contributed by atoms with Crippen molar-refractivity contribution in [3.05, 3.63) is 63.5 Å². The summed E-state index contributed by atoms with van der Waals surface area (Å²) in [4.78, 5) is 28.0. The number of hydrogen-bond acceptors (Lipinski definition) is 4. The van der Waals surface area contributed by atoms with E-state index >= 15 is 0 Å². The number of rotatable bonds is 5. The highest BCUT2D eigenvalue weighted by Crippen LogP contribution is 2.11. The minimum Gasteiger partial charge on any atom is -0.467 e. The fourth-order valence-corrected chi connectivity index (χ4v) is 2.59. The number of aromatic nitrogens is 1. The molecule has 2 aromatic rings. The monoisotopic (exact) mass is 410 g/mol. The average molecular weight is 410 g/mol. The lowest BCUT2D eigenvalue weighted by Gasteiger charge is -2.16. The summed E-state index contributed by atoms with van der Waals surface area (Å²) in [5.74, 6) is -0.801. The molecule has 1 aromatic heterocycles. The number of esters is 1. The first-order valence-corrected chi connectivity index (χ1v) is 7.71. The maximum Gasteiger partial charge on any atom is 0.328 e. The van der Waals surface area contributed by atoms with Crippen molar-refractivity contribution in [3.63, 3.8) is 0 Å². The van der Waals surface area contributed by atoms with Crippen molar-refractivity contribution in [2.75, 3.05) is 7.11 Å². The van der Waals surface area contributed by atoms with E-state index in [-0.39, 0.29) is 5.91 Å². The molecule has 114 valence electrons. The molecule has 0 aliphatic rings. The molecular formula is C16H15IN2O3. The Morgan fingerprint density at radius 2 is 2.00 bits per heavy atom. The lowest BCUT2D eigenvalue weighted by molar-refractivity contribution is -0.142. The van der Waals surface area contributed by atoms with Crippen molar-refractivity contribution in [2.24, 2.45) is 0 Å². The molecule has 0 fully saturated rings. The summed E-state index contributed by atoms with van der Waals surface area (Å²) in [6, 6.07) is 10.2. The molecule has 0 saturated carbocycles. The second-order valence-corrected chi connectivity index (χ2v) is 5.86. The van der Waals surface area contributed by atoms with Gasteiger partial charge in [-0.2, -0.15) is 0 Å². The van der Waals surface area contributed by atoms with Crippen LogP contribution in [0.15, 0.2) is 48.8 Å². The Morgan fingerprint density at radius 1 is 1.27 bits per heavy atom. The minimum atomic E-state index is -0.733. The fourth-order valence-electron chi connectivity index (χ4n) is 1.98. The summed E-state index contributed by atoms with van der Waals surface area (Å²) in [6.45, 7) is 0. The van der Waals surface area contributed by atoms with E-state index in [1.165, 1.54) is 19.5 Å². The Bertz CT molecular complexity index is 661. The van der Waals surface area contributed by atoms with Gasteiger partial charge in [0.2, 0.25) is 0 Å². The van der Waals surface area contributed by atoms with Crippen LogP contribution in [0.25, 0.3) is 0 Å². The SMILES string of the molecule is COC(=O)[C@@H](Cc1cccc(I)c1)NC(=O)c1ccncc1. The van der Waals surface area contributed by atoms with Crippen molar-refractivity contribution in [2.45, 2.75) is 12.5 Å². The zero-order chi connectivity index (χ0) is 15.9. The average Bonchev–Trinajstić information content (AvgIpc) is 2.54. The standard InChI is InChI=1S/C16H15IN2O3/c1-22-16(21)14(10-11-3-2-4-13(17)9-11)19-15(20)12-5-7-18-8-6-12/h2-9,14H,10H2,1H3,(H,19,20)/t14-/m1/s1. The van der Waals surface area contributed by atoms with Crippen molar-refractivity contribution in [1.82, 2.24) is 10.3 Å². The van der Waals surface area contributed by atoms with Crippen LogP contribution in [-0.2, 0) is 16.0 Å². The summed E-state index contributed by atoms with van der Waals surface area (Å²) in [6.07, 6.45) is 3.43. The summed E-state index contributed by atoms with van der Waals surface area (Å²) < 4.78 is 5.85. The zero-order valence-corrected chi connectivity index (χ0v) is 14.1. The van der Waals surface area contributed by atoms with Crippen LogP contribution in [0.5, 0.6) is 0 Å². The van der Waals surface area contributed by atoms with E-state index in [2.05, 4.69) is 32.9 Å². The molecule has 1 N–H and O–H groups in total. The zero-order valence-electron chi connectivity index (χ0n) is 12.0. The lowest BCUT2D eigenvalue weighted by Crippen LogP contribution is -2.43. The Hall–Kier alpha value is -1.96. The molecule has 0 aliphatic carbocycles. The van der Waals surface area contributed by atoms with Gasteiger partial charge in [-0.1, -0.05) is 12.1 Å². The maximum absolute atomic E-state index is 12.2. The molecule has 1 aromatic carbocycles. The second-order valence-electron chi connectivity index (χ2n) is 4.62. The van der Waals surface area contributed by atoms with Gasteiger partial charge in [-0.3, -0.25) is 9.78 Å². The number of methoxy groups -OCH3 is 1. The maximum atomic E-state index is 12.2. The van der Waals surface area contributed by atoms with Gasteiger partial charge in [-0.15, -0.1) is 0 Å². The highest BCUT2D eigenvalue weighted by Gasteiger charge is 2.22. The van der Waals surface area contributed by atoms with Gasteiger partial charge in [0, 0.05) is 27.9 Å². The third-order valence-electron chi connectivity index (χ3n) is 3.06. The van der Waals surface area contributed by atoms with Crippen LogP contribution in [0.4, 0.5) is 0 Å². The van der Waals surface area contributed by atoms with Crippen LogP contribution in [0.3, 0.4) is 0 Å². The Morgan fingerprint density at radius 3 is 2.64 bits per heavy atom. The number of benzene rings is 1. The third-order valence-corrected chi connectivity index (χ3v) is 3.73. The number of nitrogens with one attached hydrogen (secondary N) is 1. The first kappa shape index (κ1) is 16.4. The molecule has 2 rings (SSSR count). The van der Waals surface area contributed by atoms with Crippen LogP contribution in [-0.4, -0.2) is 30.0 Å². The van der Waals surface area contributed by atoms with Crippen LogP contribution >= 0.6 is 22.6 Å². The molecule has 5 nitrogen and oxygen atoms in total. The highest BCUT2D eigenvalue weighted by molar-refractivity contribution is 14.1. The molecule has 0 unspecified atom stereocenters. The van der Waals surface area contributed by atoms with E-state index in [4.69, 9.17) is 4.74 Å². The van der Waals surface area contributed by atoms with Gasteiger partial charge < -0.3 is 10.1 Å². The largest absolute Gasteiger partial charge is 0.467 e. The molecule has 1 amide bonds. The summed E-state index contributed by atoms with van der Waals surface area (Å²) in [5.41, 5.74) is 1.41. The number of amides is 1. The molecule has 0 radical (unpaired) electrons. The topological polar surface area (TPSA) is 68.3 Å². The molecule has 0 bridgehead atoms. The predicted molar refractivity (Wildman–Crippen MR) is 90.4 cm³/mol. The number of pyridine rings is 1. The number of nitrogens with zero attached hydrogens (tertiary/aromatic N) is 1. The molecule has 22 heavy (non-hydrogen) atoms. The molecular weight excluding hydrogens is 395 g/mol. The number of carbonyl (C=O) groups is 2. The first-order chi connectivity index (χ1) is 10.6. The number of halogens is 1. The summed E-state index contributed by atoms with van der Waals surface area (Å²) in [7, 11) is 1.31. The predicted octanol–water partition coefficient (Wildman–Crippen LogP) is 2.20. The molecule has 0 spiro atoms. The third kappa shape index (κ3) is 4.52. The van der Waals surface area contributed by atoms with E-state index in [0.717, 1.165) is 9.13 Å².